The first-order valence-corrected chi connectivity index (χ1v) is 6.68. The first kappa shape index (κ1) is 11.6. The highest BCUT2D eigenvalue weighted by atomic mass is 79.9. The van der Waals surface area contributed by atoms with E-state index in [1.165, 1.54) is 5.56 Å². The molecular formula is C13H13BrN2O2. The largest absolute Gasteiger partial charge is 0.490 e. The quantitative estimate of drug-likeness (QED) is 0.928. The SMILES string of the molecule is Brc1nc[nH]c1Cc1ccc2c(c1)OCCCO2. The molecule has 0 spiro atoms. The summed E-state index contributed by atoms with van der Waals surface area (Å²) in [6.45, 7) is 1.43. The molecule has 1 aliphatic rings. The maximum absolute atomic E-state index is 5.68. The molecule has 18 heavy (non-hydrogen) atoms. The second kappa shape index (κ2) is 5.02. The molecule has 0 fully saturated rings. The van der Waals surface area contributed by atoms with Crippen molar-refractivity contribution in [3.8, 4) is 11.5 Å². The third-order valence-electron chi connectivity index (χ3n) is 2.86. The van der Waals surface area contributed by atoms with Crippen LogP contribution in [0.1, 0.15) is 17.7 Å². The highest BCUT2D eigenvalue weighted by Gasteiger charge is 2.11. The molecule has 2 heterocycles. The number of ether oxygens (including phenoxy) is 2. The van der Waals surface area contributed by atoms with Crippen LogP contribution in [0.5, 0.6) is 11.5 Å². The number of aromatic amines is 1. The number of rotatable bonds is 2. The van der Waals surface area contributed by atoms with Crippen LogP contribution in [0.25, 0.3) is 0 Å². The molecule has 4 nitrogen and oxygen atoms in total. The fourth-order valence-corrected chi connectivity index (χ4v) is 2.31. The Balaban J connectivity index is 1.85. The van der Waals surface area contributed by atoms with Gasteiger partial charge in [0, 0.05) is 12.8 Å². The number of fused-ring (bicyclic) bond motifs is 1. The Morgan fingerprint density at radius 3 is 2.83 bits per heavy atom. The minimum Gasteiger partial charge on any atom is -0.490 e. The van der Waals surface area contributed by atoms with Crippen LogP contribution in [0, 0.1) is 0 Å². The van der Waals surface area contributed by atoms with Crippen molar-refractivity contribution in [2.24, 2.45) is 0 Å². The van der Waals surface area contributed by atoms with Gasteiger partial charge >= 0.3 is 0 Å². The molecule has 5 heteroatoms. The number of aromatic nitrogens is 2. The molecule has 0 saturated carbocycles. The molecule has 1 aromatic heterocycles. The van der Waals surface area contributed by atoms with Gasteiger partial charge in [-0.15, -0.1) is 0 Å². The number of hydrogen-bond acceptors (Lipinski definition) is 3. The van der Waals surface area contributed by atoms with Gasteiger partial charge in [0.05, 0.1) is 25.2 Å². The number of hydrogen-bond donors (Lipinski definition) is 1. The molecule has 94 valence electrons. The molecule has 0 atom stereocenters. The van der Waals surface area contributed by atoms with Gasteiger partial charge in [-0.2, -0.15) is 0 Å². The first-order chi connectivity index (χ1) is 8.83. The van der Waals surface area contributed by atoms with Crippen LogP contribution in [0.15, 0.2) is 29.1 Å². The van der Waals surface area contributed by atoms with Gasteiger partial charge in [0.15, 0.2) is 11.5 Å². The zero-order chi connectivity index (χ0) is 12.4. The summed E-state index contributed by atoms with van der Waals surface area (Å²) in [5.74, 6) is 1.67. The van der Waals surface area contributed by atoms with Crippen LogP contribution < -0.4 is 9.47 Å². The number of imidazole rings is 1. The smallest absolute Gasteiger partial charge is 0.161 e. The van der Waals surface area contributed by atoms with E-state index in [2.05, 4.69) is 32.0 Å². The predicted molar refractivity (Wildman–Crippen MR) is 71.1 cm³/mol. The lowest BCUT2D eigenvalue weighted by Gasteiger charge is -2.09. The Morgan fingerprint density at radius 1 is 1.22 bits per heavy atom. The van der Waals surface area contributed by atoms with Gasteiger partial charge in [-0.1, -0.05) is 6.07 Å². The molecule has 0 unspecified atom stereocenters. The summed E-state index contributed by atoms with van der Waals surface area (Å²) in [6.07, 6.45) is 3.40. The van der Waals surface area contributed by atoms with Crippen LogP contribution >= 0.6 is 15.9 Å². The molecule has 3 rings (SSSR count). The van der Waals surface area contributed by atoms with Gasteiger partial charge in [0.25, 0.3) is 0 Å². The number of halogens is 1. The maximum Gasteiger partial charge on any atom is 0.161 e. The summed E-state index contributed by atoms with van der Waals surface area (Å²) in [5, 5.41) is 0. The highest BCUT2D eigenvalue weighted by Crippen LogP contribution is 2.31. The van der Waals surface area contributed by atoms with Crippen LogP contribution in [-0.2, 0) is 6.42 Å². The predicted octanol–water partition coefficient (Wildman–Crippen LogP) is 2.92. The number of nitrogens with one attached hydrogen (secondary N) is 1. The van der Waals surface area contributed by atoms with E-state index in [-0.39, 0.29) is 0 Å². The second-order valence-electron chi connectivity index (χ2n) is 4.18. The Labute approximate surface area is 113 Å². The van der Waals surface area contributed by atoms with Gasteiger partial charge in [-0.25, -0.2) is 4.98 Å². The van der Waals surface area contributed by atoms with Crippen LogP contribution in [0.3, 0.4) is 0 Å². The normalized spacial score (nSPS) is 14.3. The number of nitrogens with zero attached hydrogens (tertiary/aromatic N) is 1. The van der Waals surface area contributed by atoms with Crippen LogP contribution in [-0.4, -0.2) is 23.2 Å². The fourth-order valence-electron chi connectivity index (χ4n) is 1.95. The molecule has 1 N–H and O–H groups in total. The van der Waals surface area contributed by atoms with Crippen molar-refractivity contribution in [1.82, 2.24) is 9.97 Å². The average molecular weight is 309 g/mol. The summed E-state index contributed by atoms with van der Waals surface area (Å²) < 4.78 is 12.1. The average Bonchev–Trinajstić information content (AvgIpc) is 2.65. The Hall–Kier alpha value is -1.49. The van der Waals surface area contributed by atoms with Gasteiger partial charge in [0.2, 0.25) is 0 Å². The van der Waals surface area contributed by atoms with E-state index >= 15 is 0 Å². The lowest BCUT2D eigenvalue weighted by atomic mass is 10.1. The zero-order valence-electron chi connectivity index (χ0n) is 9.78. The fraction of sp³-hybridized carbons (Fsp3) is 0.308. The minimum atomic E-state index is 0.713. The van der Waals surface area contributed by atoms with E-state index in [1.807, 2.05) is 12.1 Å². The Bertz CT molecular complexity index is 554. The number of benzene rings is 1. The van der Waals surface area contributed by atoms with Gasteiger partial charge in [0.1, 0.15) is 4.60 Å². The third kappa shape index (κ3) is 2.36. The molecule has 0 bridgehead atoms. The van der Waals surface area contributed by atoms with Crippen molar-refractivity contribution in [1.29, 1.82) is 0 Å². The summed E-state index contributed by atoms with van der Waals surface area (Å²) in [4.78, 5) is 7.24. The maximum atomic E-state index is 5.68. The topological polar surface area (TPSA) is 47.1 Å². The lowest BCUT2D eigenvalue weighted by molar-refractivity contribution is 0.297. The minimum absolute atomic E-state index is 0.713. The molecular weight excluding hydrogens is 296 g/mol. The van der Waals surface area contributed by atoms with E-state index < -0.39 is 0 Å². The number of H-pyrrole nitrogens is 1. The van der Waals surface area contributed by atoms with Crippen LogP contribution in [0.4, 0.5) is 0 Å². The molecule has 0 radical (unpaired) electrons. The van der Waals surface area contributed by atoms with E-state index in [4.69, 9.17) is 9.47 Å². The standard InChI is InChI=1S/C13H13BrN2O2/c14-13-10(15-8-16-13)6-9-2-3-11-12(7-9)18-5-1-4-17-11/h2-3,7-8H,1,4-6H2,(H,15,16). The van der Waals surface area contributed by atoms with Gasteiger partial charge in [-0.3, -0.25) is 0 Å². The summed E-state index contributed by atoms with van der Waals surface area (Å²) in [6, 6.07) is 6.06. The van der Waals surface area contributed by atoms with Gasteiger partial charge < -0.3 is 14.5 Å². The summed E-state index contributed by atoms with van der Waals surface area (Å²) in [5.41, 5.74) is 2.23. The van der Waals surface area contributed by atoms with Crippen molar-refractivity contribution in [3.63, 3.8) is 0 Å². The molecule has 0 saturated heterocycles. The molecule has 1 aliphatic heterocycles. The summed E-state index contributed by atoms with van der Waals surface area (Å²) in [7, 11) is 0. The zero-order valence-corrected chi connectivity index (χ0v) is 11.4. The van der Waals surface area contributed by atoms with Gasteiger partial charge in [-0.05, 0) is 33.6 Å². The summed E-state index contributed by atoms with van der Waals surface area (Å²) >= 11 is 3.41. The van der Waals surface area contributed by atoms with Crippen molar-refractivity contribution < 1.29 is 9.47 Å². The monoisotopic (exact) mass is 308 g/mol. The van der Waals surface area contributed by atoms with Crippen molar-refractivity contribution in [2.45, 2.75) is 12.8 Å². The highest BCUT2D eigenvalue weighted by molar-refractivity contribution is 9.10. The van der Waals surface area contributed by atoms with Crippen molar-refractivity contribution in [2.75, 3.05) is 13.2 Å². The van der Waals surface area contributed by atoms with E-state index in [9.17, 15) is 0 Å². The van der Waals surface area contributed by atoms with Crippen molar-refractivity contribution in [3.05, 3.63) is 40.4 Å². The van der Waals surface area contributed by atoms with E-state index in [0.717, 1.165) is 41.2 Å². The van der Waals surface area contributed by atoms with E-state index in [0.29, 0.717) is 6.61 Å². The second-order valence-corrected chi connectivity index (χ2v) is 4.93. The first-order valence-electron chi connectivity index (χ1n) is 5.89. The van der Waals surface area contributed by atoms with E-state index in [1.54, 1.807) is 6.33 Å². The molecule has 0 aliphatic carbocycles. The van der Waals surface area contributed by atoms with Crippen molar-refractivity contribution >= 4 is 15.9 Å². The Kier molecular flexibility index (Phi) is 3.23. The molecule has 0 amide bonds. The lowest BCUT2D eigenvalue weighted by Crippen LogP contribution is -1.97. The Morgan fingerprint density at radius 2 is 2.06 bits per heavy atom. The molecule has 2 aromatic rings. The molecule has 1 aromatic carbocycles. The van der Waals surface area contributed by atoms with Crippen LogP contribution in [0.2, 0.25) is 0 Å². The third-order valence-corrected chi connectivity index (χ3v) is 3.54.